The van der Waals surface area contributed by atoms with Gasteiger partial charge in [0.2, 0.25) is 0 Å². The molecule has 2 aromatic carbocycles. The van der Waals surface area contributed by atoms with E-state index in [0.29, 0.717) is 19.6 Å². The lowest BCUT2D eigenvalue weighted by Crippen LogP contribution is -2.52. The van der Waals surface area contributed by atoms with Gasteiger partial charge < -0.3 is 14.6 Å². The topological polar surface area (TPSA) is 48.7 Å². The molecule has 1 aromatic heterocycles. The smallest absolute Gasteiger partial charge is 0.317 e. The molecule has 0 bridgehead atoms. The van der Waals surface area contributed by atoms with Crippen molar-refractivity contribution in [2.24, 2.45) is 0 Å². The van der Waals surface area contributed by atoms with E-state index in [1.54, 1.807) is 6.26 Å². The summed E-state index contributed by atoms with van der Waals surface area (Å²) in [6, 6.07) is 22.9. The number of amides is 2. The molecule has 1 aliphatic rings. The zero-order chi connectivity index (χ0) is 20.1. The number of carbonyl (C=O) groups excluding carboxylic acids is 1. The monoisotopic (exact) mass is 453 g/mol. The van der Waals surface area contributed by atoms with Crippen LogP contribution in [-0.4, -0.2) is 42.0 Å². The van der Waals surface area contributed by atoms with Crippen LogP contribution in [0.2, 0.25) is 0 Å². The normalized spacial score (nSPS) is 15.8. The van der Waals surface area contributed by atoms with Gasteiger partial charge in [0.05, 0.1) is 18.8 Å². The van der Waals surface area contributed by atoms with Crippen LogP contribution in [0.4, 0.5) is 4.79 Å². The van der Waals surface area contributed by atoms with E-state index >= 15 is 0 Å². The molecular weight excluding hydrogens is 430 g/mol. The van der Waals surface area contributed by atoms with E-state index in [4.69, 9.17) is 4.42 Å². The Hall–Kier alpha value is -2.57. The van der Waals surface area contributed by atoms with Gasteiger partial charge in [0.1, 0.15) is 5.76 Å². The molecule has 1 N–H and O–H groups in total. The summed E-state index contributed by atoms with van der Waals surface area (Å²) < 4.78 is 6.36. The van der Waals surface area contributed by atoms with Crippen molar-refractivity contribution in [3.8, 4) is 0 Å². The second-order valence-corrected chi connectivity index (χ2v) is 8.04. The summed E-state index contributed by atoms with van der Waals surface area (Å²) in [5.74, 6) is 0.761. The summed E-state index contributed by atoms with van der Waals surface area (Å²) in [5, 5.41) is 2.94. The van der Waals surface area contributed by atoms with Gasteiger partial charge in [0.15, 0.2) is 0 Å². The number of nitrogens with one attached hydrogen (secondary N) is 1. The van der Waals surface area contributed by atoms with E-state index in [-0.39, 0.29) is 12.1 Å². The minimum atomic E-state index is -0.0408. The second-order valence-electron chi connectivity index (χ2n) is 7.13. The van der Waals surface area contributed by atoms with Crippen LogP contribution in [0.25, 0.3) is 0 Å². The molecule has 29 heavy (non-hydrogen) atoms. The van der Waals surface area contributed by atoms with Crippen molar-refractivity contribution in [1.29, 1.82) is 0 Å². The summed E-state index contributed by atoms with van der Waals surface area (Å²) in [6.07, 6.45) is 1.62. The number of nitrogens with zero attached hydrogens (tertiary/aromatic N) is 2. The maximum absolute atomic E-state index is 12.5. The summed E-state index contributed by atoms with van der Waals surface area (Å²) in [6.45, 7) is 3.46. The molecule has 1 aliphatic heterocycles. The second kappa shape index (κ2) is 9.29. The van der Waals surface area contributed by atoms with Crippen LogP contribution in [0.1, 0.15) is 22.9 Å². The van der Waals surface area contributed by atoms with Crippen LogP contribution in [0.3, 0.4) is 0 Å². The maximum atomic E-state index is 12.5. The van der Waals surface area contributed by atoms with E-state index in [1.807, 2.05) is 23.1 Å². The summed E-state index contributed by atoms with van der Waals surface area (Å²) in [4.78, 5) is 16.8. The molecular formula is C23H24BrN3O2. The third kappa shape index (κ3) is 4.89. The Balaban J connectivity index is 1.42. The SMILES string of the molecule is O=C(NCc1ccco1)N1CCN([C@@H](c2ccccc2)c2ccc(Br)cc2)CC1. The fourth-order valence-corrected chi connectivity index (χ4v) is 4.03. The van der Waals surface area contributed by atoms with Crippen molar-refractivity contribution < 1.29 is 9.21 Å². The standard InChI is InChI=1S/C23H24BrN3O2/c24-20-10-8-19(9-11-20)22(18-5-2-1-3-6-18)26-12-14-27(15-13-26)23(28)25-17-21-7-4-16-29-21/h1-11,16,22H,12-15,17H2,(H,25,28)/t22-/m0/s1. The van der Waals surface area contributed by atoms with Crippen LogP contribution < -0.4 is 5.32 Å². The van der Waals surface area contributed by atoms with E-state index in [2.05, 4.69) is 74.7 Å². The van der Waals surface area contributed by atoms with Crippen LogP contribution in [0, 0.1) is 0 Å². The number of furan rings is 1. The molecule has 0 radical (unpaired) electrons. The van der Waals surface area contributed by atoms with Crippen molar-refractivity contribution in [3.05, 3.63) is 94.4 Å². The number of halogens is 1. The molecule has 3 aromatic rings. The van der Waals surface area contributed by atoms with Gasteiger partial charge in [-0.05, 0) is 35.4 Å². The Kier molecular flexibility index (Phi) is 6.32. The number of hydrogen-bond acceptors (Lipinski definition) is 3. The number of hydrogen-bond donors (Lipinski definition) is 1. The summed E-state index contributed by atoms with van der Waals surface area (Å²) >= 11 is 3.53. The highest BCUT2D eigenvalue weighted by atomic mass is 79.9. The van der Waals surface area contributed by atoms with Gasteiger partial charge in [-0.1, -0.05) is 58.4 Å². The first-order valence-corrected chi connectivity index (χ1v) is 10.6. The molecule has 1 atom stereocenters. The third-order valence-corrected chi connectivity index (χ3v) is 5.79. The molecule has 0 aliphatic carbocycles. The first-order chi connectivity index (χ1) is 14.2. The van der Waals surface area contributed by atoms with Gasteiger partial charge in [0, 0.05) is 30.7 Å². The Labute approximate surface area is 179 Å². The highest BCUT2D eigenvalue weighted by Crippen LogP contribution is 2.30. The number of piperazine rings is 1. The minimum Gasteiger partial charge on any atom is -0.467 e. The molecule has 5 nitrogen and oxygen atoms in total. The van der Waals surface area contributed by atoms with Crippen LogP contribution in [-0.2, 0) is 6.54 Å². The Morgan fingerprint density at radius 2 is 1.62 bits per heavy atom. The van der Waals surface area contributed by atoms with Crippen LogP contribution in [0.15, 0.2) is 81.9 Å². The predicted molar refractivity (Wildman–Crippen MR) is 117 cm³/mol. The molecule has 0 saturated carbocycles. The Morgan fingerprint density at radius 3 is 2.28 bits per heavy atom. The highest BCUT2D eigenvalue weighted by molar-refractivity contribution is 9.10. The molecule has 2 heterocycles. The zero-order valence-electron chi connectivity index (χ0n) is 16.1. The lowest BCUT2D eigenvalue weighted by atomic mass is 9.96. The van der Waals surface area contributed by atoms with Gasteiger partial charge in [-0.15, -0.1) is 0 Å². The van der Waals surface area contributed by atoms with Crippen LogP contribution in [0.5, 0.6) is 0 Å². The van der Waals surface area contributed by atoms with E-state index < -0.39 is 0 Å². The van der Waals surface area contributed by atoms with Gasteiger partial charge in [-0.2, -0.15) is 0 Å². The van der Waals surface area contributed by atoms with Crippen molar-refractivity contribution in [1.82, 2.24) is 15.1 Å². The molecule has 6 heteroatoms. The fourth-order valence-electron chi connectivity index (χ4n) is 3.77. The van der Waals surface area contributed by atoms with E-state index in [1.165, 1.54) is 11.1 Å². The first kappa shape index (κ1) is 19.7. The first-order valence-electron chi connectivity index (χ1n) is 9.80. The molecule has 0 unspecified atom stereocenters. The number of urea groups is 1. The average Bonchev–Trinajstić information content (AvgIpc) is 3.29. The average molecular weight is 454 g/mol. The maximum Gasteiger partial charge on any atom is 0.317 e. The fraction of sp³-hybridized carbons (Fsp3) is 0.261. The Bertz CT molecular complexity index is 905. The van der Waals surface area contributed by atoms with Crippen molar-refractivity contribution in [2.45, 2.75) is 12.6 Å². The van der Waals surface area contributed by atoms with Crippen LogP contribution >= 0.6 is 15.9 Å². The highest BCUT2D eigenvalue weighted by Gasteiger charge is 2.28. The molecule has 2 amide bonds. The Morgan fingerprint density at radius 1 is 0.931 bits per heavy atom. The number of rotatable bonds is 5. The van der Waals surface area contributed by atoms with Gasteiger partial charge >= 0.3 is 6.03 Å². The van der Waals surface area contributed by atoms with Crippen molar-refractivity contribution in [3.63, 3.8) is 0 Å². The van der Waals surface area contributed by atoms with Crippen molar-refractivity contribution >= 4 is 22.0 Å². The molecule has 1 fully saturated rings. The van der Waals surface area contributed by atoms with Gasteiger partial charge in [-0.3, -0.25) is 4.90 Å². The molecule has 1 saturated heterocycles. The summed E-state index contributed by atoms with van der Waals surface area (Å²) in [5.41, 5.74) is 2.53. The predicted octanol–water partition coefficient (Wildman–Crippen LogP) is 4.66. The van der Waals surface area contributed by atoms with Gasteiger partial charge in [0.25, 0.3) is 0 Å². The number of carbonyl (C=O) groups is 1. The summed E-state index contributed by atoms with van der Waals surface area (Å²) in [7, 11) is 0. The van der Waals surface area contributed by atoms with E-state index in [0.717, 1.165) is 23.3 Å². The zero-order valence-corrected chi connectivity index (χ0v) is 17.7. The number of benzene rings is 2. The molecule has 150 valence electrons. The van der Waals surface area contributed by atoms with E-state index in [9.17, 15) is 4.79 Å². The minimum absolute atomic E-state index is 0.0408. The quantitative estimate of drug-likeness (QED) is 0.610. The lowest BCUT2D eigenvalue weighted by Gasteiger charge is -2.39. The van der Waals surface area contributed by atoms with Crippen molar-refractivity contribution in [2.75, 3.05) is 26.2 Å². The molecule has 4 rings (SSSR count). The third-order valence-electron chi connectivity index (χ3n) is 5.26. The molecule has 0 spiro atoms. The lowest BCUT2D eigenvalue weighted by molar-refractivity contribution is 0.120. The van der Waals surface area contributed by atoms with Gasteiger partial charge in [-0.25, -0.2) is 4.79 Å². The largest absolute Gasteiger partial charge is 0.467 e.